The summed E-state index contributed by atoms with van der Waals surface area (Å²) in [6.07, 6.45) is 3.05. The first-order valence-corrected chi connectivity index (χ1v) is 6.13. The van der Waals surface area contributed by atoms with Gasteiger partial charge in [0.15, 0.2) is 0 Å². The lowest BCUT2D eigenvalue weighted by molar-refractivity contribution is 0.0950. The second-order valence-electron chi connectivity index (χ2n) is 3.71. The van der Waals surface area contributed by atoms with Crippen LogP contribution in [0.5, 0.6) is 5.88 Å². The van der Waals surface area contributed by atoms with Gasteiger partial charge < -0.3 is 10.1 Å². The van der Waals surface area contributed by atoms with Crippen LogP contribution in [0, 0.1) is 0 Å². The molecular weight excluding hydrogens is 268 g/mol. The fourth-order valence-corrected chi connectivity index (χ4v) is 1.67. The second-order valence-corrected chi connectivity index (χ2v) is 4.12. The van der Waals surface area contributed by atoms with Gasteiger partial charge in [-0.15, -0.1) is 0 Å². The molecule has 2 heterocycles. The average Bonchev–Trinajstić information content (AvgIpc) is 2.91. The highest BCUT2D eigenvalue weighted by atomic mass is 35.5. The summed E-state index contributed by atoms with van der Waals surface area (Å²) in [4.78, 5) is 15.9. The van der Waals surface area contributed by atoms with Crippen molar-refractivity contribution in [2.45, 2.75) is 13.5 Å². The van der Waals surface area contributed by atoms with Crippen molar-refractivity contribution in [3.63, 3.8) is 0 Å². The number of nitrogens with zero attached hydrogens (tertiary/aromatic N) is 2. The van der Waals surface area contributed by atoms with E-state index in [9.17, 15) is 4.79 Å². The van der Waals surface area contributed by atoms with Gasteiger partial charge in [-0.3, -0.25) is 9.89 Å². The SMILES string of the molecule is CCOc1ncc(C(=O)NCc2ccn[nH]2)cc1Cl. The number of halogens is 1. The summed E-state index contributed by atoms with van der Waals surface area (Å²) in [5.41, 5.74) is 1.20. The quantitative estimate of drug-likeness (QED) is 0.875. The van der Waals surface area contributed by atoms with Crippen LogP contribution in [-0.2, 0) is 6.54 Å². The summed E-state index contributed by atoms with van der Waals surface area (Å²) < 4.78 is 5.20. The number of amides is 1. The van der Waals surface area contributed by atoms with Crippen LogP contribution in [-0.4, -0.2) is 27.7 Å². The first-order chi connectivity index (χ1) is 9.20. The van der Waals surface area contributed by atoms with E-state index in [1.807, 2.05) is 6.92 Å². The van der Waals surface area contributed by atoms with Crippen molar-refractivity contribution in [1.82, 2.24) is 20.5 Å². The molecule has 0 radical (unpaired) electrons. The molecule has 0 spiro atoms. The molecule has 0 saturated carbocycles. The van der Waals surface area contributed by atoms with Gasteiger partial charge in [0.2, 0.25) is 5.88 Å². The molecule has 2 rings (SSSR count). The lowest BCUT2D eigenvalue weighted by Gasteiger charge is -2.07. The lowest BCUT2D eigenvalue weighted by Crippen LogP contribution is -2.23. The third kappa shape index (κ3) is 3.45. The molecule has 7 heteroatoms. The number of ether oxygens (including phenoxy) is 1. The maximum Gasteiger partial charge on any atom is 0.253 e. The Morgan fingerprint density at radius 1 is 1.58 bits per heavy atom. The highest BCUT2D eigenvalue weighted by Crippen LogP contribution is 2.22. The Morgan fingerprint density at radius 3 is 3.05 bits per heavy atom. The van der Waals surface area contributed by atoms with Gasteiger partial charge in [0.25, 0.3) is 5.91 Å². The van der Waals surface area contributed by atoms with E-state index < -0.39 is 0 Å². The first-order valence-electron chi connectivity index (χ1n) is 5.75. The maximum atomic E-state index is 11.9. The summed E-state index contributed by atoms with van der Waals surface area (Å²) in [5, 5.41) is 9.59. The predicted molar refractivity (Wildman–Crippen MR) is 70.2 cm³/mol. The molecule has 0 atom stereocenters. The monoisotopic (exact) mass is 280 g/mol. The minimum absolute atomic E-state index is 0.257. The molecule has 19 heavy (non-hydrogen) atoms. The van der Waals surface area contributed by atoms with E-state index in [0.717, 1.165) is 5.69 Å². The number of carbonyl (C=O) groups is 1. The first kappa shape index (κ1) is 13.4. The molecule has 0 fully saturated rings. The van der Waals surface area contributed by atoms with Crippen LogP contribution in [0.25, 0.3) is 0 Å². The third-order valence-corrected chi connectivity index (χ3v) is 2.62. The highest BCUT2D eigenvalue weighted by molar-refractivity contribution is 6.32. The zero-order valence-electron chi connectivity index (χ0n) is 10.3. The van der Waals surface area contributed by atoms with Gasteiger partial charge in [0.05, 0.1) is 24.4 Å². The molecule has 0 unspecified atom stereocenters. The summed E-state index contributed by atoms with van der Waals surface area (Å²) in [7, 11) is 0. The molecule has 2 aromatic heterocycles. The Bertz CT molecular complexity index is 557. The van der Waals surface area contributed by atoms with E-state index in [-0.39, 0.29) is 5.91 Å². The summed E-state index contributed by atoms with van der Waals surface area (Å²) >= 11 is 5.97. The number of aromatic nitrogens is 3. The Labute approximate surface area is 115 Å². The third-order valence-electron chi connectivity index (χ3n) is 2.35. The lowest BCUT2D eigenvalue weighted by atomic mass is 10.2. The molecule has 0 aliphatic rings. The minimum Gasteiger partial charge on any atom is -0.477 e. The van der Waals surface area contributed by atoms with Crippen molar-refractivity contribution in [2.75, 3.05) is 6.61 Å². The molecule has 6 nitrogen and oxygen atoms in total. The zero-order chi connectivity index (χ0) is 13.7. The molecule has 1 amide bonds. The molecule has 0 aliphatic carbocycles. The number of hydrogen-bond donors (Lipinski definition) is 2. The molecule has 2 N–H and O–H groups in total. The Kier molecular flexibility index (Phi) is 4.35. The molecule has 100 valence electrons. The number of H-pyrrole nitrogens is 1. The van der Waals surface area contributed by atoms with Crippen molar-refractivity contribution >= 4 is 17.5 Å². The number of pyridine rings is 1. The molecule has 0 saturated heterocycles. The van der Waals surface area contributed by atoms with Gasteiger partial charge in [-0.05, 0) is 19.1 Å². The number of aromatic amines is 1. The van der Waals surface area contributed by atoms with Crippen LogP contribution in [0.15, 0.2) is 24.5 Å². The number of hydrogen-bond acceptors (Lipinski definition) is 4. The normalized spacial score (nSPS) is 10.2. The zero-order valence-corrected chi connectivity index (χ0v) is 11.1. The summed E-state index contributed by atoms with van der Waals surface area (Å²) in [5.74, 6) is 0.0707. The minimum atomic E-state index is -0.257. The highest BCUT2D eigenvalue weighted by Gasteiger charge is 2.10. The maximum absolute atomic E-state index is 11.9. The van der Waals surface area contributed by atoms with Gasteiger partial charge in [-0.25, -0.2) is 4.98 Å². The fraction of sp³-hybridized carbons (Fsp3) is 0.250. The van der Waals surface area contributed by atoms with Crippen molar-refractivity contribution in [3.8, 4) is 5.88 Å². The van der Waals surface area contributed by atoms with Gasteiger partial charge >= 0.3 is 0 Å². The van der Waals surface area contributed by atoms with Crippen molar-refractivity contribution in [1.29, 1.82) is 0 Å². The summed E-state index contributed by atoms with van der Waals surface area (Å²) in [6.45, 7) is 2.67. The van der Waals surface area contributed by atoms with Gasteiger partial charge in [0.1, 0.15) is 5.02 Å². The number of carbonyl (C=O) groups excluding carboxylic acids is 1. The van der Waals surface area contributed by atoms with E-state index in [0.29, 0.717) is 29.6 Å². The van der Waals surface area contributed by atoms with E-state index in [2.05, 4.69) is 20.5 Å². The van der Waals surface area contributed by atoms with Gasteiger partial charge in [0, 0.05) is 12.4 Å². The van der Waals surface area contributed by atoms with Crippen LogP contribution < -0.4 is 10.1 Å². The Morgan fingerprint density at radius 2 is 2.42 bits per heavy atom. The van der Waals surface area contributed by atoms with Crippen LogP contribution in [0.4, 0.5) is 0 Å². The van der Waals surface area contributed by atoms with Crippen LogP contribution >= 0.6 is 11.6 Å². The number of rotatable bonds is 5. The summed E-state index contributed by atoms with van der Waals surface area (Å²) in [6, 6.07) is 3.31. The van der Waals surface area contributed by atoms with Gasteiger partial charge in [-0.2, -0.15) is 5.10 Å². The second kappa shape index (κ2) is 6.19. The van der Waals surface area contributed by atoms with Crippen molar-refractivity contribution in [2.24, 2.45) is 0 Å². The van der Waals surface area contributed by atoms with Crippen molar-refractivity contribution in [3.05, 3.63) is 40.8 Å². The molecule has 0 aromatic carbocycles. The Balaban J connectivity index is 2.01. The smallest absolute Gasteiger partial charge is 0.253 e. The van der Waals surface area contributed by atoms with Gasteiger partial charge in [-0.1, -0.05) is 11.6 Å². The van der Waals surface area contributed by atoms with Crippen molar-refractivity contribution < 1.29 is 9.53 Å². The molecular formula is C12H13ClN4O2. The molecule has 2 aromatic rings. The van der Waals surface area contributed by atoms with E-state index >= 15 is 0 Å². The number of nitrogens with one attached hydrogen (secondary N) is 2. The van der Waals surface area contributed by atoms with Crippen LogP contribution in [0.3, 0.4) is 0 Å². The van der Waals surface area contributed by atoms with E-state index in [4.69, 9.17) is 16.3 Å². The van der Waals surface area contributed by atoms with E-state index in [1.54, 1.807) is 12.3 Å². The van der Waals surface area contributed by atoms with Crippen LogP contribution in [0.1, 0.15) is 23.0 Å². The predicted octanol–water partition coefficient (Wildman–Crippen LogP) is 1.79. The Hall–Kier alpha value is -2.08. The fourth-order valence-electron chi connectivity index (χ4n) is 1.45. The molecule has 0 bridgehead atoms. The average molecular weight is 281 g/mol. The largest absolute Gasteiger partial charge is 0.477 e. The van der Waals surface area contributed by atoms with Crippen LogP contribution in [0.2, 0.25) is 5.02 Å². The topological polar surface area (TPSA) is 79.9 Å². The molecule has 0 aliphatic heterocycles. The van der Waals surface area contributed by atoms with E-state index in [1.165, 1.54) is 12.3 Å². The standard InChI is InChI=1S/C12H13ClN4O2/c1-2-19-12-10(13)5-8(6-15-12)11(18)14-7-9-3-4-16-17-9/h3-6H,2,7H2,1H3,(H,14,18)(H,16,17).